The van der Waals surface area contributed by atoms with Crippen molar-refractivity contribution in [3.05, 3.63) is 29.8 Å². The van der Waals surface area contributed by atoms with Gasteiger partial charge in [-0.05, 0) is 56.8 Å². The van der Waals surface area contributed by atoms with Gasteiger partial charge in [-0.1, -0.05) is 12.1 Å². The van der Waals surface area contributed by atoms with Crippen LogP contribution in [-0.2, 0) is 6.42 Å². The van der Waals surface area contributed by atoms with Gasteiger partial charge in [0.1, 0.15) is 5.75 Å². The van der Waals surface area contributed by atoms with Gasteiger partial charge in [0.05, 0.1) is 7.11 Å². The first-order chi connectivity index (χ1) is 9.07. The number of hydrogen-bond acceptors (Lipinski definition) is 3. The van der Waals surface area contributed by atoms with E-state index in [1.54, 1.807) is 7.11 Å². The van der Waals surface area contributed by atoms with Crippen LogP contribution in [0.25, 0.3) is 0 Å². The van der Waals surface area contributed by atoms with Crippen molar-refractivity contribution in [3.63, 3.8) is 0 Å². The van der Waals surface area contributed by atoms with Crippen LogP contribution in [0.5, 0.6) is 5.75 Å². The number of ether oxygens (including phenoxy) is 1. The quantitative estimate of drug-likeness (QED) is 0.819. The molecule has 0 aliphatic heterocycles. The molecule has 1 aromatic carbocycles. The first-order valence-corrected chi connectivity index (χ1v) is 7.11. The Morgan fingerprint density at radius 1 is 1.32 bits per heavy atom. The van der Waals surface area contributed by atoms with E-state index in [2.05, 4.69) is 31.0 Å². The first kappa shape index (κ1) is 14.4. The topological polar surface area (TPSA) is 38.5 Å². The fourth-order valence-corrected chi connectivity index (χ4v) is 2.45. The highest BCUT2D eigenvalue weighted by Crippen LogP contribution is 2.32. The van der Waals surface area contributed by atoms with Crippen molar-refractivity contribution in [2.75, 3.05) is 27.2 Å². The summed E-state index contributed by atoms with van der Waals surface area (Å²) >= 11 is 0. The van der Waals surface area contributed by atoms with E-state index < -0.39 is 0 Å². The van der Waals surface area contributed by atoms with Crippen LogP contribution in [0, 0.1) is 5.92 Å². The molecular formula is C16H26N2O. The molecule has 0 bridgehead atoms. The van der Waals surface area contributed by atoms with Crippen LogP contribution >= 0.6 is 0 Å². The molecule has 3 nitrogen and oxygen atoms in total. The summed E-state index contributed by atoms with van der Waals surface area (Å²) in [4.78, 5) is 2.44. The van der Waals surface area contributed by atoms with Gasteiger partial charge < -0.3 is 10.5 Å². The number of hydrogen-bond donors (Lipinski definition) is 1. The molecule has 1 aliphatic rings. The van der Waals surface area contributed by atoms with E-state index >= 15 is 0 Å². The molecule has 0 spiro atoms. The lowest BCUT2D eigenvalue weighted by atomic mass is 9.91. The number of rotatable bonds is 7. The summed E-state index contributed by atoms with van der Waals surface area (Å²) in [6, 6.07) is 8.32. The Labute approximate surface area is 116 Å². The van der Waals surface area contributed by atoms with Crippen molar-refractivity contribution in [1.82, 2.24) is 4.90 Å². The molecule has 3 heteroatoms. The standard InChI is InChI=1S/C16H26N2O/c1-16(12-17,18(2)11-14-4-5-14)10-13-6-8-15(19-3)9-7-13/h6-9,14H,4-5,10-12,17H2,1-3H3. The fourth-order valence-electron chi connectivity index (χ4n) is 2.45. The Balaban J connectivity index is 2.02. The molecule has 19 heavy (non-hydrogen) atoms. The van der Waals surface area contributed by atoms with Gasteiger partial charge in [-0.15, -0.1) is 0 Å². The van der Waals surface area contributed by atoms with E-state index in [4.69, 9.17) is 10.5 Å². The summed E-state index contributed by atoms with van der Waals surface area (Å²) in [6.07, 6.45) is 3.75. The molecule has 2 N–H and O–H groups in total. The Bertz CT molecular complexity index is 400. The predicted molar refractivity (Wildman–Crippen MR) is 79.5 cm³/mol. The van der Waals surface area contributed by atoms with Crippen molar-refractivity contribution in [2.24, 2.45) is 11.7 Å². The number of nitrogens with two attached hydrogens (primary N) is 1. The average molecular weight is 262 g/mol. The summed E-state index contributed by atoms with van der Waals surface area (Å²) < 4.78 is 5.20. The summed E-state index contributed by atoms with van der Waals surface area (Å²) in [5.74, 6) is 1.80. The lowest BCUT2D eigenvalue weighted by molar-refractivity contribution is 0.138. The van der Waals surface area contributed by atoms with Crippen molar-refractivity contribution < 1.29 is 4.74 Å². The lowest BCUT2D eigenvalue weighted by Crippen LogP contribution is -2.52. The van der Waals surface area contributed by atoms with Crippen LogP contribution in [0.1, 0.15) is 25.3 Å². The van der Waals surface area contributed by atoms with Crippen molar-refractivity contribution in [1.29, 1.82) is 0 Å². The van der Waals surface area contributed by atoms with Crippen molar-refractivity contribution in [2.45, 2.75) is 31.7 Å². The zero-order chi connectivity index (χ0) is 13.9. The van der Waals surface area contributed by atoms with Crippen LogP contribution in [0.2, 0.25) is 0 Å². The second-order valence-electron chi connectivity index (χ2n) is 6.05. The molecule has 0 saturated heterocycles. The Morgan fingerprint density at radius 3 is 2.42 bits per heavy atom. The smallest absolute Gasteiger partial charge is 0.118 e. The summed E-state index contributed by atoms with van der Waals surface area (Å²) in [5.41, 5.74) is 7.40. The Morgan fingerprint density at radius 2 is 1.95 bits per heavy atom. The molecule has 0 heterocycles. The highest BCUT2D eigenvalue weighted by molar-refractivity contribution is 5.28. The van der Waals surface area contributed by atoms with Gasteiger partial charge in [-0.25, -0.2) is 0 Å². The molecule has 0 radical (unpaired) electrons. The molecule has 2 rings (SSSR count). The van der Waals surface area contributed by atoms with E-state index in [9.17, 15) is 0 Å². The van der Waals surface area contributed by atoms with Crippen LogP contribution < -0.4 is 10.5 Å². The third-order valence-corrected chi connectivity index (χ3v) is 4.33. The van der Waals surface area contributed by atoms with Crippen LogP contribution in [-0.4, -0.2) is 37.7 Å². The zero-order valence-electron chi connectivity index (χ0n) is 12.4. The average Bonchev–Trinajstić information content (AvgIpc) is 3.23. The zero-order valence-corrected chi connectivity index (χ0v) is 12.4. The van der Waals surface area contributed by atoms with Gasteiger partial charge in [-0.3, -0.25) is 4.90 Å². The molecule has 1 atom stereocenters. The van der Waals surface area contributed by atoms with E-state index in [1.165, 1.54) is 24.9 Å². The van der Waals surface area contributed by atoms with E-state index in [0.717, 1.165) is 18.1 Å². The maximum absolute atomic E-state index is 6.04. The van der Waals surface area contributed by atoms with Crippen LogP contribution in [0.15, 0.2) is 24.3 Å². The Kier molecular flexibility index (Phi) is 4.48. The van der Waals surface area contributed by atoms with Gasteiger partial charge in [0.15, 0.2) is 0 Å². The second kappa shape index (κ2) is 5.93. The number of benzene rings is 1. The van der Waals surface area contributed by atoms with Gasteiger partial charge in [-0.2, -0.15) is 0 Å². The third-order valence-electron chi connectivity index (χ3n) is 4.33. The molecule has 1 aliphatic carbocycles. The Hall–Kier alpha value is -1.06. The summed E-state index contributed by atoms with van der Waals surface area (Å²) in [6.45, 7) is 4.12. The van der Waals surface area contributed by atoms with E-state index in [-0.39, 0.29) is 5.54 Å². The van der Waals surface area contributed by atoms with E-state index in [0.29, 0.717) is 6.54 Å². The fraction of sp³-hybridized carbons (Fsp3) is 0.625. The number of nitrogens with zero attached hydrogens (tertiary/aromatic N) is 1. The van der Waals surface area contributed by atoms with Gasteiger partial charge in [0.2, 0.25) is 0 Å². The van der Waals surface area contributed by atoms with Crippen molar-refractivity contribution in [3.8, 4) is 5.75 Å². The van der Waals surface area contributed by atoms with Crippen molar-refractivity contribution >= 4 is 0 Å². The maximum atomic E-state index is 6.04. The molecule has 1 aromatic rings. The van der Waals surface area contributed by atoms with Gasteiger partial charge >= 0.3 is 0 Å². The molecule has 1 fully saturated rings. The van der Waals surface area contributed by atoms with E-state index in [1.807, 2.05) is 12.1 Å². The SMILES string of the molecule is COc1ccc(CC(C)(CN)N(C)CC2CC2)cc1. The van der Waals surface area contributed by atoms with Crippen LogP contribution in [0.4, 0.5) is 0 Å². The monoisotopic (exact) mass is 262 g/mol. The minimum Gasteiger partial charge on any atom is -0.497 e. The normalized spacial score (nSPS) is 18.4. The largest absolute Gasteiger partial charge is 0.497 e. The third kappa shape index (κ3) is 3.71. The highest BCUT2D eigenvalue weighted by atomic mass is 16.5. The molecule has 106 valence electrons. The highest BCUT2D eigenvalue weighted by Gasteiger charge is 2.32. The molecule has 1 saturated carbocycles. The minimum atomic E-state index is 0.0389. The first-order valence-electron chi connectivity index (χ1n) is 7.11. The number of likely N-dealkylation sites (N-methyl/N-ethyl adjacent to an activating group) is 1. The van der Waals surface area contributed by atoms with Crippen LogP contribution in [0.3, 0.4) is 0 Å². The maximum Gasteiger partial charge on any atom is 0.118 e. The minimum absolute atomic E-state index is 0.0389. The predicted octanol–water partition coefficient (Wildman–Crippen LogP) is 2.30. The molecule has 0 aromatic heterocycles. The molecular weight excluding hydrogens is 236 g/mol. The van der Waals surface area contributed by atoms with Gasteiger partial charge in [0.25, 0.3) is 0 Å². The summed E-state index contributed by atoms with van der Waals surface area (Å²) in [5, 5.41) is 0. The number of methoxy groups -OCH3 is 1. The lowest BCUT2D eigenvalue weighted by Gasteiger charge is -2.38. The second-order valence-corrected chi connectivity index (χ2v) is 6.05. The molecule has 1 unspecified atom stereocenters. The molecule has 0 amide bonds. The summed E-state index contributed by atoms with van der Waals surface area (Å²) in [7, 11) is 3.90. The van der Waals surface area contributed by atoms with Gasteiger partial charge in [0, 0.05) is 18.6 Å².